The van der Waals surface area contributed by atoms with E-state index in [0.717, 1.165) is 11.3 Å². The average molecular weight is 165 g/mol. The minimum Gasteiger partial charge on any atom is -0.325 e. The molecule has 12 heavy (non-hydrogen) atoms. The third-order valence-electron chi connectivity index (χ3n) is 1.85. The van der Waals surface area contributed by atoms with Crippen molar-refractivity contribution in [2.75, 3.05) is 0 Å². The van der Waals surface area contributed by atoms with Crippen LogP contribution in [0, 0.1) is 6.92 Å². The second-order valence-corrected chi connectivity index (χ2v) is 3.03. The van der Waals surface area contributed by atoms with Crippen LogP contribution in [0.15, 0.2) is 12.3 Å². The molecule has 0 aliphatic rings. The van der Waals surface area contributed by atoms with Crippen molar-refractivity contribution >= 4 is 6.08 Å². The number of rotatable bonds is 2. The van der Waals surface area contributed by atoms with E-state index in [1.54, 1.807) is 0 Å². The van der Waals surface area contributed by atoms with E-state index >= 15 is 0 Å². The summed E-state index contributed by atoms with van der Waals surface area (Å²) in [4.78, 5) is 0. The van der Waals surface area contributed by atoms with Crippen LogP contribution in [0.5, 0.6) is 0 Å². The molecule has 1 unspecified atom stereocenters. The standard InChI is InChI=1S/C9H15N3/c1-7(10)4-5-9-6-11-12(3)8(9)2/h4-7H,10H2,1-3H3/b5-4+. The molecule has 0 aromatic carbocycles. The molecule has 0 fully saturated rings. The van der Waals surface area contributed by atoms with Crippen LogP contribution < -0.4 is 5.73 Å². The van der Waals surface area contributed by atoms with Crippen molar-refractivity contribution in [3.63, 3.8) is 0 Å². The van der Waals surface area contributed by atoms with Gasteiger partial charge in [-0.1, -0.05) is 12.2 Å². The molecule has 1 rings (SSSR count). The van der Waals surface area contributed by atoms with Crippen LogP contribution in [0.4, 0.5) is 0 Å². The first-order valence-corrected chi connectivity index (χ1v) is 4.03. The molecule has 1 atom stereocenters. The molecule has 66 valence electrons. The van der Waals surface area contributed by atoms with Gasteiger partial charge >= 0.3 is 0 Å². The number of aryl methyl sites for hydroxylation is 1. The zero-order valence-corrected chi connectivity index (χ0v) is 7.78. The van der Waals surface area contributed by atoms with Gasteiger partial charge in [-0.2, -0.15) is 5.10 Å². The summed E-state index contributed by atoms with van der Waals surface area (Å²) >= 11 is 0. The van der Waals surface area contributed by atoms with Gasteiger partial charge in [0.1, 0.15) is 0 Å². The third kappa shape index (κ3) is 1.95. The lowest BCUT2D eigenvalue weighted by Crippen LogP contribution is -2.09. The van der Waals surface area contributed by atoms with E-state index in [2.05, 4.69) is 5.10 Å². The zero-order chi connectivity index (χ0) is 9.14. The van der Waals surface area contributed by atoms with E-state index < -0.39 is 0 Å². The Morgan fingerprint density at radius 3 is 2.75 bits per heavy atom. The number of hydrogen-bond donors (Lipinski definition) is 1. The number of nitrogens with two attached hydrogens (primary N) is 1. The highest BCUT2D eigenvalue weighted by molar-refractivity contribution is 5.51. The van der Waals surface area contributed by atoms with E-state index in [4.69, 9.17) is 5.73 Å². The topological polar surface area (TPSA) is 43.8 Å². The molecule has 2 N–H and O–H groups in total. The van der Waals surface area contributed by atoms with Crippen molar-refractivity contribution < 1.29 is 0 Å². The highest BCUT2D eigenvalue weighted by atomic mass is 15.3. The maximum absolute atomic E-state index is 5.58. The van der Waals surface area contributed by atoms with Crippen LogP contribution in [0.25, 0.3) is 6.08 Å². The van der Waals surface area contributed by atoms with Crippen LogP contribution >= 0.6 is 0 Å². The molecule has 1 heterocycles. The molecule has 0 saturated carbocycles. The number of aromatic nitrogens is 2. The SMILES string of the molecule is Cc1c(/C=C/C(C)N)cnn1C. The first-order chi connectivity index (χ1) is 5.61. The Kier molecular flexibility index (Phi) is 2.65. The molecule has 0 saturated heterocycles. The maximum atomic E-state index is 5.58. The van der Waals surface area contributed by atoms with E-state index in [9.17, 15) is 0 Å². The lowest BCUT2D eigenvalue weighted by Gasteiger charge is -1.95. The van der Waals surface area contributed by atoms with Gasteiger partial charge in [-0.05, 0) is 13.8 Å². The lowest BCUT2D eigenvalue weighted by molar-refractivity contribution is 0.740. The van der Waals surface area contributed by atoms with Crippen molar-refractivity contribution in [2.45, 2.75) is 19.9 Å². The van der Waals surface area contributed by atoms with Gasteiger partial charge in [0.25, 0.3) is 0 Å². The Morgan fingerprint density at radius 1 is 1.67 bits per heavy atom. The zero-order valence-electron chi connectivity index (χ0n) is 7.78. The van der Waals surface area contributed by atoms with E-state index in [-0.39, 0.29) is 6.04 Å². The van der Waals surface area contributed by atoms with Gasteiger partial charge in [0.2, 0.25) is 0 Å². The van der Waals surface area contributed by atoms with Gasteiger partial charge < -0.3 is 5.73 Å². The predicted molar refractivity (Wildman–Crippen MR) is 50.6 cm³/mol. The van der Waals surface area contributed by atoms with Crippen molar-refractivity contribution in [3.05, 3.63) is 23.5 Å². The molecule has 1 aromatic heterocycles. The molecule has 1 aromatic rings. The molecular weight excluding hydrogens is 150 g/mol. The van der Waals surface area contributed by atoms with Crippen LogP contribution in [-0.4, -0.2) is 15.8 Å². The molecule has 0 spiro atoms. The van der Waals surface area contributed by atoms with Gasteiger partial charge in [-0.25, -0.2) is 0 Å². The first kappa shape index (κ1) is 9.00. The van der Waals surface area contributed by atoms with Crippen molar-refractivity contribution in [1.82, 2.24) is 9.78 Å². The summed E-state index contributed by atoms with van der Waals surface area (Å²) in [5, 5.41) is 4.12. The summed E-state index contributed by atoms with van der Waals surface area (Å²) in [5.74, 6) is 0. The summed E-state index contributed by atoms with van der Waals surface area (Å²) < 4.78 is 1.85. The van der Waals surface area contributed by atoms with Crippen molar-refractivity contribution in [3.8, 4) is 0 Å². The number of nitrogens with zero attached hydrogens (tertiary/aromatic N) is 2. The highest BCUT2D eigenvalue weighted by Crippen LogP contribution is 2.07. The predicted octanol–water partition coefficient (Wildman–Crippen LogP) is 1.09. The van der Waals surface area contributed by atoms with Gasteiger partial charge in [0.05, 0.1) is 6.20 Å². The van der Waals surface area contributed by atoms with Crippen LogP contribution in [0.2, 0.25) is 0 Å². The maximum Gasteiger partial charge on any atom is 0.0564 e. The minimum atomic E-state index is 0.101. The first-order valence-electron chi connectivity index (χ1n) is 4.03. The van der Waals surface area contributed by atoms with Gasteiger partial charge in [0.15, 0.2) is 0 Å². The van der Waals surface area contributed by atoms with E-state index in [1.165, 1.54) is 0 Å². The average Bonchev–Trinajstić information content (AvgIpc) is 2.30. The fraction of sp³-hybridized carbons (Fsp3) is 0.444. The van der Waals surface area contributed by atoms with Gasteiger partial charge in [-0.15, -0.1) is 0 Å². The van der Waals surface area contributed by atoms with Crippen LogP contribution in [-0.2, 0) is 7.05 Å². The summed E-state index contributed by atoms with van der Waals surface area (Å²) in [6.07, 6.45) is 5.81. The van der Waals surface area contributed by atoms with Crippen molar-refractivity contribution in [2.24, 2.45) is 12.8 Å². The minimum absolute atomic E-state index is 0.101. The monoisotopic (exact) mass is 165 g/mol. The Balaban J connectivity index is 2.83. The second kappa shape index (κ2) is 3.54. The largest absolute Gasteiger partial charge is 0.325 e. The molecular formula is C9H15N3. The molecule has 0 aliphatic heterocycles. The van der Waals surface area contributed by atoms with Gasteiger partial charge in [0, 0.05) is 24.3 Å². The fourth-order valence-corrected chi connectivity index (χ4v) is 0.935. The van der Waals surface area contributed by atoms with Crippen molar-refractivity contribution in [1.29, 1.82) is 0 Å². The summed E-state index contributed by atoms with van der Waals surface area (Å²) in [7, 11) is 1.93. The Bertz CT molecular complexity index is 284. The smallest absolute Gasteiger partial charge is 0.0564 e. The molecule has 3 heteroatoms. The molecule has 3 nitrogen and oxygen atoms in total. The molecule has 0 radical (unpaired) electrons. The van der Waals surface area contributed by atoms with Gasteiger partial charge in [-0.3, -0.25) is 4.68 Å². The Hall–Kier alpha value is -1.09. The second-order valence-electron chi connectivity index (χ2n) is 3.03. The fourth-order valence-electron chi connectivity index (χ4n) is 0.935. The van der Waals surface area contributed by atoms with E-state index in [1.807, 2.05) is 43.9 Å². The third-order valence-corrected chi connectivity index (χ3v) is 1.85. The molecule has 0 aliphatic carbocycles. The molecule has 0 amide bonds. The number of hydrogen-bond acceptors (Lipinski definition) is 2. The van der Waals surface area contributed by atoms with E-state index in [0.29, 0.717) is 0 Å². The highest BCUT2D eigenvalue weighted by Gasteiger charge is 1.98. The Labute approximate surface area is 72.9 Å². The van der Waals surface area contributed by atoms with Crippen LogP contribution in [0.1, 0.15) is 18.2 Å². The summed E-state index contributed by atoms with van der Waals surface area (Å²) in [6.45, 7) is 3.98. The summed E-state index contributed by atoms with van der Waals surface area (Å²) in [5.41, 5.74) is 7.88. The lowest BCUT2D eigenvalue weighted by atomic mass is 10.2. The molecule has 0 bridgehead atoms. The van der Waals surface area contributed by atoms with Crippen LogP contribution in [0.3, 0.4) is 0 Å². The summed E-state index contributed by atoms with van der Waals surface area (Å²) in [6, 6.07) is 0.101. The quantitative estimate of drug-likeness (QED) is 0.713. The Morgan fingerprint density at radius 2 is 2.33 bits per heavy atom. The normalized spacial score (nSPS) is 14.0.